The van der Waals surface area contributed by atoms with Crippen LogP contribution in [0.4, 0.5) is 10.5 Å². The minimum absolute atomic E-state index is 0.0120. The Morgan fingerprint density at radius 2 is 1.80 bits per heavy atom. The van der Waals surface area contributed by atoms with Crippen molar-refractivity contribution in [3.8, 4) is 0 Å². The molecule has 0 aliphatic heterocycles. The van der Waals surface area contributed by atoms with Gasteiger partial charge in [-0.05, 0) is 51.0 Å². The van der Waals surface area contributed by atoms with Gasteiger partial charge in [0.25, 0.3) is 11.6 Å². The Kier molecular flexibility index (Phi) is 7.15. The number of carbonyl (C=O) groups excluding carboxylic acids is 2. The molecule has 2 amide bonds. The molecule has 1 N–H and O–H groups in total. The molecule has 0 bridgehead atoms. The summed E-state index contributed by atoms with van der Waals surface area (Å²) in [6.45, 7) is 7.47. The molecule has 2 rings (SSSR count). The number of hydrogen-bond donors (Lipinski definition) is 1. The van der Waals surface area contributed by atoms with Gasteiger partial charge in [0.05, 0.1) is 11.0 Å². The third-order valence-corrected chi connectivity index (χ3v) is 4.50. The maximum Gasteiger partial charge on any atom is 0.407 e. The second-order valence-corrected chi connectivity index (χ2v) is 8.00. The third kappa shape index (κ3) is 6.30. The largest absolute Gasteiger partial charge is 0.444 e. The number of nitro benzene ring substituents is 1. The number of alkyl carbamates (subject to hydrolysis) is 1. The first-order chi connectivity index (χ1) is 14.0. The van der Waals surface area contributed by atoms with Crippen molar-refractivity contribution >= 4 is 17.7 Å². The molecule has 0 spiro atoms. The zero-order chi connectivity index (χ0) is 22.5. The van der Waals surface area contributed by atoms with Gasteiger partial charge in [-0.15, -0.1) is 0 Å². The van der Waals surface area contributed by atoms with Crippen LogP contribution in [-0.2, 0) is 11.3 Å². The highest BCUT2D eigenvalue weighted by atomic mass is 16.6. The van der Waals surface area contributed by atoms with Crippen LogP contribution in [0.2, 0.25) is 0 Å². The van der Waals surface area contributed by atoms with Gasteiger partial charge in [-0.2, -0.15) is 0 Å². The summed E-state index contributed by atoms with van der Waals surface area (Å²) < 4.78 is 5.19. The van der Waals surface area contributed by atoms with Crippen molar-refractivity contribution in [1.29, 1.82) is 0 Å². The van der Waals surface area contributed by atoms with Gasteiger partial charge >= 0.3 is 6.09 Å². The fourth-order valence-corrected chi connectivity index (χ4v) is 2.75. The Balaban J connectivity index is 2.02. The van der Waals surface area contributed by atoms with Crippen LogP contribution in [-0.4, -0.2) is 34.5 Å². The smallest absolute Gasteiger partial charge is 0.407 e. The summed E-state index contributed by atoms with van der Waals surface area (Å²) in [4.78, 5) is 36.6. The lowest BCUT2D eigenvalue weighted by molar-refractivity contribution is -0.384. The molecule has 0 saturated carbocycles. The Hall–Kier alpha value is -3.42. The number of ether oxygens (including phenoxy) is 1. The van der Waals surface area contributed by atoms with Crippen LogP contribution in [0.1, 0.15) is 55.2 Å². The highest BCUT2D eigenvalue weighted by Gasteiger charge is 2.21. The van der Waals surface area contributed by atoms with Crippen molar-refractivity contribution < 1.29 is 19.2 Å². The molecule has 2 aromatic carbocycles. The highest BCUT2D eigenvalue weighted by molar-refractivity contribution is 5.94. The van der Waals surface area contributed by atoms with E-state index in [9.17, 15) is 19.7 Å². The number of non-ortho nitro benzene ring substituents is 1. The lowest BCUT2D eigenvalue weighted by Crippen LogP contribution is -2.32. The molecule has 0 aliphatic rings. The monoisotopic (exact) mass is 413 g/mol. The van der Waals surface area contributed by atoms with Gasteiger partial charge in [0, 0.05) is 31.3 Å². The van der Waals surface area contributed by atoms with Crippen molar-refractivity contribution in [2.45, 2.75) is 45.9 Å². The van der Waals surface area contributed by atoms with Crippen molar-refractivity contribution in [2.75, 3.05) is 7.05 Å². The van der Waals surface area contributed by atoms with Crippen molar-refractivity contribution in [3.63, 3.8) is 0 Å². The predicted molar refractivity (Wildman–Crippen MR) is 113 cm³/mol. The summed E-state index contributed by atoms with van der Waals surface area (Å²) in [5.41, 5.74) is 1.41. The molecule has 8 nitrogen and oxygen atoms in total. The van der Waals surface area contributed by atoms with Crippen LogP contribution in [0.25, 0.3) is 0 Å². The second-order valence-electron chi connectivity index (χ2n) is 8.00. The predicted octanol–water partition coefficient (Wildman–Crippen LogP) is 4.45. The van der Waals surface area contributed by atoms with Crippen LogP contribution in [0.3, 0.4) is 0 Å². The van der Waals surface area contributed by atoms with E-state index < -0.39 is 16.6 Å². The molecule has 0 radical (unpaired) electrons. The number of hydrogen-bond acceptors (Lipinski definition) is 5. The van der Waals surface area contributed by atoms with Gasteiger partial charge in [0.2, 0.25) is 0 Å². The number of nitrogens with zero attached hydrogens (tertiary/aromatic N) is 2. The normalized spacial score (nSPS) is 12.0. The molecule has 1 atom stereocenters. The molecule has 2 aromatic rings. The lowest BCUT2D eigenvalue weighted by atomic mass is 10.0. The van der Waals surface area contributed by atoms with E-state index in [4.69, 9.17) is 4.74 Å². The lowest BCUT2D eigenvalue weighted by Gasteiger charge is -2.25. The minimum Gasteiger partial charge on any atom is -0.444 e. The fraction of sp³-hybridized carbons (Fsp3) is 0.364. The zero-order valence-electron chi connectivity index (χ0n) is 17.8. The van der Waals surface area contributed by atoms with Crippen LogP contribution in [0, 0.1) is 10.1 Å². The van der Waals surface area contributed by atoms with Crippen LogP contribution in [0.15, 0.2) is 48.5 Å². The van der Waals surface area contributed by atoms with E-state index in [0.29, 0.717) is 11.1 Å². The third-order valence-electron chi connectivity index (χ3n) is 4.50. The number of amides is 2. The molecule has 0 aliphatic carbocycles. The summed E-state index contributed by atoms with van der Waals surface area (Å²) in [7, 11) is 1.66. The standard InChI is InChI=1S/C22H27N3O5/c1-15(18-7-6-8-19(13-18)25(28)29)24(5)20(26)17-11-9-16(10-12-17)14-23-21(27)30-22(2,3)4/h6-13,15H,14H2,1-5H3,(H,23,27). The summed E-state index contributed by atoms with van der Waals surface area (Å²) in [6, 6.07) is 12.8. The van der Waals surface area contributed by atoms with E-state index >= 15 is 0 Å². The van der Waals surface area contributed by atoms with Gasteiger partial charge in [0.15, 0.2) is 0 Å². The average Bonchev–Trinajstić information content (AvgIpc) is 2.69. The van der Waals surface area contributed by atoms with Crippen molar-refractivity contribution in [1.82, 2.24) is 10.2 Å². The molecule has 0 heterocycles. The fourth-order valence-electron chi connectivity index (χ4n) is 2.75. The Morgan fingerprint density at radius 1 is 1.17 bits per heavy atom. The second kappa shape index (κ2) is 9.39. The molecular weight excluding hydrogens is 386 g/mol. The van der Waals surface area contributed by atoms with E-state index in [2.05, 4.69) is 5.32 Å². The number of nitrogens with one attached hydrogen (secondary N) is 1. The molecule has 0 aromatic heterocycles. The number of carbonyl (C=O) groups is 2. The Labute approximate surface area is 176 Å². The van der Waals surface area contributed by atoms with E-state index in [0.717, 1.165) is 5.56 Å². The molecule has 0 fully saturated rings. The maximum atomic E-state index is 12.8. The summed E-state index contributed by atoms with van der Waals surface area (Å²) in [5.74, 6) is -0.208. The zero-order valence-corrected chi connectivity index (χ0v) is 17.8. The van der Waals surface area contributed by atoms with Crippen molar-refractivity contribution in [3.05, 3.63) is 75.3 Å². The minimum atomic E-state index is -0.569. The first kappa shape index (κ1) is 22.9. The Morgan fingerprint density at radius 3 is 2.37 bits per heavy atom. The first-order valence-electron chi connectivity index (χ1n) is 9.55. The van der Waals surface area contributed by atoms with Crippen molar-refractivity contribution in [2.24, 2.45) is 0 Å². The maximum absolute atomic E-state index is 12.8. The van der Waals surface area contributed by atoms with E-state index in [1.807, 2.05) is 6.92 Å². The number of benzene rings is 2. The summed E-state index contributed by atoms with van der Waals surface area (Å²) >= 11 is 0. The van der Waals surface area contributed by atoms with E-state index in [-0.39, 0.29) is 24.2 Å². The summed E-state index contributed by atoms with van der Waals surface area (Å²) in [5, 5.41) is 13.7. The number of rotatable bonds is 6. The van der Waals surface area contributed by atoms with Gasteiger partial charge < -0.3 is 15.0 Å². The van der Waals surface area contributed by atoms with Crippen LogP contribution >= 0.6 is 0 Å². The highest BCUT2D eigenvalue weighted by Crippen LogP contribution is 2.24. The molecule has 30 heavy (non-hydrogen) atoms. The topological polar surface area (TPSA) is 102 Å². The van der Waals surface area contributed by atoms with Gasteiger partial charge in [-0.3, -0.25) is 14.9 Å². The first-order valence-corrected chi connectivity index (χ1v) is 9.55. The SMILES string of the molecule is CC(c1cccc([N+](=O)[O-])c1)N(C)C(=O)c1ccc(CNC(=O)OC(C)(C)C)cc1. The quantitative estimate of drug-likeness (QED) is 0.557. The van der Waals surface area contributed by atoms with E-state index in [1.54, 1.807) is 64.2 Å². The van der Waals surface area contributed by atoms with E-state index in [1.165, 1.54) is 17.0 Å². The Bertz CT molecular complexity index is 919. The molecular formula is C22H27N3O5. The van der Waals surface area contributed by atoms with Gasteiger partial charge in [0.1, 0.15) is 5.60 Å². The molecule has 8 heteroatoms. The molecule has 160 valence electrons. The van der Waals surface area contributed by atoms with Gasteiger partial charge in [-0.1, -0.05) is 24.3 Å². The van der Waals surface area contributed by atoms with Crippen LogP contribution in [0.5, 0.6) is 0 Å². The van der Waals surface area contributed by atoms with Gasteiger partial charge in [-0.25, -0.2) is 4.79 Å². The molecule has 0 saturated heterocycles. The number of nitro groups is 1. The van der Waals surface area contributed by atoms with Crippen LogP contribution < -0.4 is 5.32 Å². The molecule has 1 unspecified atom stereocenters. The average molecular weight is 413 g/mol. The summed E-state index contributed by atoms with van der Waals surface area (Å²) in [6.07, 6.45) is -0.506.